The number of hydrogen-bond donors (Lipinski definition) is 3. The summed E-state index contributed by atoms with van der Waals surface area (Å²) in [5, 5.41) is 9.77. The van der Waals surface area contributed by atoms with E-state index in [2.05, 4.69) is 15.7 Å². The van der Waals surface area contributed by atoms with Crippen molar-refractivity contribution in [3.8, 4) is 0 Å². The molecule has 1 aliphatic rings. The minimum atomic E-state index is -0.715. The van der Waals surface area contributed by atoms with Gasteiger partial charge >= 0.3 is 6.03 Å². The van der Waals surface area contributed by atoms with Crippen LogP contribution in [0.5, 0.6) is 0 Å². The first-order valence-electron chi connectivity index (χ1n) is 9.94. The molecule has 1 aliphatic heterocycles. The zero-order chi connectivity index (χ0) is 20.8. The summed E-state index contributed by atoms with van der Waals surface area (Å²) < 4.78 is 1.91. The van der Waals surface area contributed by atoms with Crippen LogP contribution >= 0.6 is 0 Å². The molecule has 9 heteroatoms. The third-order valence-electron chi connectivity index (χ3n) is 5.35. The maximum atomic E-state index is 12.7. The van der Waals surface area contributed by atoms with Gasteiger partial charge in [-0.2, -0.15) is 5.10 Å². The van der Waals surface area contributed by atoms with Crippen molar-refractivity contribution < 1.29 is 14.4 Å². The third kappa shape index (κ3) is 5.02. The Balaban J connectivity index is 1.90. The van der Waals surface area contributed by atoms with Crippen molar-refractivity contribution in [3.63, 3.8) is 0 Å². The molecule has 1 saturated heterocycles. The number of aromatic nitrogens is 2. The first kappa shape index (κ1) is 21.7. The molecular formula is C19H32N6O3. The number of likely N-dealkylation sites (tertiary alicyclic amines) is 1. The fourth-order valence-corrected chi connectivity index (χ4v) is 3.60. The summed E-state index contributed by atoms with van der Waals surface area (Å²) in [6.45, 7) is 9.71. The molecule has 2 rings (SSSR count). The van der Waals surface area contributed by atoms with Gasteiger partial charge in [0.05, 0.1) is 18.2 Å². The summed E-state index contributed by atoms with van der Waals surface area (Å²) in [5.74, 6) is -0.219. The highest BCUT2D eigenvalue weighted by molar-refractivity contribution is 5.86. The number of aryl methyl sites for hydroxylation is 2. The lowest BCUT2D eigenvalue weighted by Gasteiger charge is -2.41. The summed E-state index contributed by atoms with van der Waals surface area (Å²) in [5.41, 5.74) is 8.03. The van der Waals surface area contributed by atoms with E-state index in [1.165, 1.54) is 0 Å². The normalized spacial score (nSPS) is 17.0. The monoisotopic (exact) mass is 392 g/mol. The van der Waals surface area contributed by atoms with E-state index in [0.29, 0.717) is 25.9 Å². The number of rotatable bonds is 9. The maximum Gasteiger partial charge on any atom is 0.312 e. The molecule has 4 amide bonds. The van der Waals surface area contributed by atoms with Crippen LogP contribution in [0.25, 0.3) is 0 Å². The lowest BCUT2D eigenvalue weighted by atomic mass is 10.00. The van der Waals surface area contributed by atoms with Crippen molar-refractivity contribution in [2.24, 2.45) is 5.73 Å². The quantitative estimate of drug-likeness (QED) is 0.570. The molecule has 0 aromatic carbocycles. The smallest absolute Gasteiger partial charge is 0.312 e. The van der Waals surface area contributed by atoms with E-state index in [4.69, 9.17) is 5.73 Å². The number of amides is 4. The number of nitrogens with zero attached hydrogens (tertiary/aromatic N) is 3. The molecular weight excluding hydrogens is 360 g/mol. The van der Waals surface area contributed by atoms with Gasteiger partial charge in [0, 0.05) is 30.9 Å². The SMILES string of the molecule is CCCC(NC(N)=O)C(=O)NCC1CCN1C(=O)Cc1c(C)nn(CC)c1C. The van der Waals surface area contributed by atoms with Crippen LogP contribution in [0.3, 0.4) is 0 Å². The van der Waals surface area contributed by atoms with Crippen LogP contribution in [-0.2, 0) is 22.6 Å². The van der Waals surface area contributed by atoms with E-state index < -0.39 is 12.1 Å². The van der Waals surface area contributed by atoms with Crippen LogP contribution in [0.15, 0.2) is 0 Å². The summed E-state index contributed by atoms with van der Waals surface area (Å²) in [7, 11) is 0. The first-order chi connectivity index (χ1) is 13.3. The van der Waals surface area contributed by atoms with Gasteiger partial charge in [-0.15, -0.1) is 0 Å². The molecule has 156 valence electrons. The predicted octanol–water partition coefficient (Wildman–Crippen LogP) is 0.616. The van der Waals surface area contributed by atoms with Gasteiger partial charge < -0.3 is 21.3 Å². The number of urea groups is 1. The number of nitrogens with one attached hydrogen (secondary N) is 2. The molecule has 2 atom stereocenters. The van der Waals surface area contributed by atoms with Crippen LogP contribution in [0.4, 0.5) is 4.79 Å². The van der Waals surface area contributed by atoms with Crippen molar-refractivity contribution in [1.29, 1.82) is 0 Å². The second-order valence-electron chi connectivity index (χ2n) is 7.27. The molecule has 28 heavy (non-hydrogen) atoms. The van der Waals surface area contributed by atoms with E-state index in [1.54, 1.807) is 4.90 Å². The van der Waals surface area contributed by atoms with Crippen LogP contribution in [-0.4, -0.2) is 57.7 Å². The van der Waals surface area contributed by atoms with Crippen molar-refractivity contribution in [2.75, 3.05) is 13.1 Å². The molecule has 0 saturated carbocycles. The summed E-state index contributed by atoms with van der Waals surface area (Å²) >= 11 is 0. The number of primary amides is 1. The molecule has 0 aliphatic carbocycles. The van der Waals surface area contributed by atoms with Gasteiger partial charge in [-0.05, 0) is 33.6 Å². The zero-order valence-electron chi connectivity index (χ0n) is 17.2. The average molecular weight is 393 g/mol. The fraction of sp³-hybridized carbons (Fsp3) is 0.684. The van der Waals surface area contributed by atoms with E-state index >= 15 is 0 Å². The molecule has 2 unspecified atom stereocenters. The van der Waals surface area contributed by atoms with Crippen molar-refractivity contribution >= 4 is 17.8 Å². The minimum Gasteiger partial charge on any atom is -0.352 e. The Kier molecular flexibility index (Phi) is 7.42. The predicted molar refractivity (Wildman–Crippen MR) is 106 cm³/mol. The zero-order valence-corrected chi connectivity index (χ0v) is 17.2. The van der Waals surface area contributed by atoms with Gasteiger partial charge in [0.1, 0.15) is 6.04 Å². The Morgan fingerprint density at radius 3 is 2.50 bits per heavy atom. The maximum absolute atomic E-state index is 12.7. The fourth-order valence-electron chi connectivity index (χ4n) is 3.60. The first-order valence-corrected chi connectivity index (χ1v) is 9.94. The number of hydrogen-bond acceptors (Lipinski definition) is 4. The molecule has 1 fully saturated rings. The van der Waals surface area contributed by atoms with Crippen molar-refractivity contribution in [1.82, 2.24) is 25.3 Å². The van der Waals surface area contributed by atoms with Crippen LogP contribution in [0, 0.1) is 13.8 Å². The highest BCUT2D eigenvalue weighted by Gasteiger charge is 2.33. The molecule has 0 spiro atoms. The summed E-state index contributed by atoms with van der Waals surface area (Å²) in [4.78, 5) is 37.9. The van der Waals surface area contributed by atoms with Crippen LogP contribution in [0.2, 0.25) is 0 Å². The second kappa shape index (κ2) is 9.57. The van der Waals surface area contributed by atoms with E-state index in [9.17, 15) is 14.4 Å². The third-order valence-corrected chi connectivity index (χ3v) is 5.35. The molecule has 0 bridgehead atoms. The standard InChI is InChI=1S/C19H32N6O3/c1-5-7-16(22-19(20)28)18(27)21-11-14-8-9-24(14)17(26)10-15-12(3)23-25(6-2)13(15)4/h14,16H,5-11H2,1-4H3,(H,21,27)(H3,20,22,28). The second-order valence-corrected chi connectivity index (χ2v) is 7.27. The lowest BCUT2D eigenvalue weighted by Crippen LogP contribution is -2.58. The van der Waals surface area contributed by atoms with Gasteiger partial charge in [0.2, 0.25) is 11.8 Å². The van der Waals surface area contributed by atoms with Gasteiger partial charge in [-0.3, -0.25) is 14.3 Å². The average Bonchev–Trinajstić information content (AvgIpc) is 2.87. The van der Waals surface area contributed by atoms with E-state index in [0.717, 1.165) is 36.3 Å². The van der Waals surface area contributed by atoms with Crippen LogP contribution < -0.4 is 16.4 Å². The van der Waals surface area contributed by atoms with Crippen molar-refractivity contribution in [2.45, 2.75) is 72.0 Å². The van der Waals surface area contributed by atoms with E-state index in [1.807, 2.05) is 32.4 Å². The van der Waals surface area contributed by atoms with Crippen LogP contribution in [0.1, 0.15) is 50.1 Å². The molecule has 1 aromatic heterocycles. The Morgan fingerprint density at radius 2 is 2.00 bits per heavy atom. The molecule has 9 nitrogen and oxygen atoms in total. The minimum absolute atomic E-state index is 0.0193. The van der Waals surface area contributed by atoms with Gasteiger partial charge in [0.25, 0.3) is 0 Å². The Bertz CT molecular complexity index is 729. The number of nitrogens with two attached hydrogens (primary N) is 1. The Morgan fingerprint density at radius 1 is 1.29 bits per heavy atom. The molecule has 1 aromatic rings. The largest absolute Gasteiger partial charge is 0.352 e. The number of carbonyl (C=O) groups is 3. The van der Waals surface area contributed by atoms with Gasteiger partial charge in [-0.1, -0.05) is 13.3 Å². The highest BCUT2D eigenvalue weighted by atomic mass is 16.2. The lowest BCUT2D eigenvalue weighted by molar-refractivity contribution is -0.138. The highest BCUT2D eigenvalue weighted by Crippen LogP contribution is 2.21. The van der Waals surface area contributed by atoms with Crippen molar-refractivity contribution in [3.05, 3.63) is 17.0 Å². The van der Waals surface area contributed by atoms with E-state index in [-0.39, 0.29) is 17.9 Å². The Hall–Kier alpha value is -2.58. The summed E-state index contributed by atoms with van der Waals surface area (Å²) in [6.07, 6.45) is 2.43. The summed E-state index contributed by atoms with van der Waals surface area (Å²) in [6, 6.07) is -1.38. The van der Waals surface area contributed by atoms with Gasteiger partial charge in [0.15, 0.2) is 0 Å². The van der Waals surface area contributed by atoms with Gasteiger partial charge in [-0.25, -0.2) is 4.79 Å². The Labute approximate surface area is 166 Å². The topological polar surface area (TPSA) is 122 Å². The molecule has 2 heterocycles. The molecule has 4 N–H and O–H groups in total. The number of carbonyl (C=O) groups excluding carboxylic acids is 3. The molecule has 0 radical (unpaired) electrons.